The van der Waals surface area contributed by atoms with E-state index in [0.717, 1.165) is 38.2 Å². The SMILES string of the molecule is Cc1ccc(OC2CN([C@@H]3CCNC(=O)CC3)C2)cc1. The fourth-order valence-electron chi connectivity index (χ4n) is 2.93. The maximum atomic E-state index is 11.3. The van der Waals surface area contributed by atoms with Crippen molar-refractivity contribution in [1.29, 1.82) is 0 Å². The van der Waals surface area contributed by atoms with Crippen LogP contribution in [0, 0.1) is 6.92 Å². The molecule has 2 fully saturated rings. The van der Waals surface area contributed by atoms with Crippen molar-refractivity contribution in [3.05, 3.63) is 29.8 Å². The molecule has 1 aromatic carbocycles. The second-order valence-corrected chi connectivity index (χ2v) is 5.84. The van der Waals surface area contributed by atoms with Gasteiger partial charge in [-0.25, -0.2) is 0 Å². The summed E-state index contributed by atoms with van der Waals surface area (Å²) in [6, 6.07) is 8.76. The summed E-state index contributed by atoms with van der Waals surface area (Å²) in [4.78, 5) is 13.8. The third kappa shape index (κ3) is 3.12. The largest absolute Gasteiger partial charge is 0.488 e. The van der Waals surface area contributed by atoms with Crippen molar-refractivity contribution in [2.75, 3.05) is 19.6 Å². The van der Waals surface area contributed by atoms with Crippen LogP contribution in [0.3, 0.4) is 0 Å². The van der Waals surface area contributed by atoms with Crippen LogP contribution in [0.15, 0.2) is 24.3 Å². The number of hydrogen-bond acceptors (Lipinski definition) is 3. The fraction of sp³-hybridized carbons (Fsp3) is 0.562. The number of hydrogen-bond donors (Lipinski definition) is 1. The molecule has 1 N–H and O–H groups in total. The zero-order chi connectivity index (χ0) is 13.9. The van der Waals surface area contributed by atoms with Crippen molar-refractivity contribution in [3.8, 4) is 5.75 Å². The van der Waals surface area contributed by atoms with Gasteiger partial charge in [0.05, 0.1) is 0 Å². The van der Waals surface area contributed by atoms with Gasteiger partial charge in [-0.2, -0.15) is 0 Å². The minimum Gasteiger partial charge on any atom is -0.488 e. The third-order valence-electron chi connectivity index (χ3n) is 4.22. The lowest BCUT2D eigenvalue weighted by Gasteiger charge is -2.43. The third-order valence-corrected chi connectivity index (χ3v) is 4.22. The Labute approximate surface area is 120 Å². The lowest BCUT2D eigenvalue weighted by Crippen LogP contribution is -2.57. The van der Waals surface area contributed by atoms with E-state index in [1.165, 1.54) is 5.56 Å². The van der Waals surface area contributed by atoms with Gasteiger partial charge in [0.2, 0.25) is 5.91 Å². The molecule has 0 radical (unpaired) electrons. The van der Waals surface area contributed by atoms with E-state index in [0.29, 0.717) is 18.6 Å². The number of carbonyl (C=O) groups is 1. The average molecular weight is 274 g/mol. The Balaban J connectivity index is 1.46. The van der Waals surface area contributed by atoms with Crippen LogP contribution in [-0.4, -0.2) is 42.6 Å². The molecule has 0 bridgehead atoms. The van der Waals surface area contributed by atoms with Gasteiger partial charge in [-0.15, -0.1) is 0 Å². The van der Waals surface area contributed by atoms with Crippen LogP contribution in [0.5, 0.6) is 5.75 Å². The number of ether oxygens (including phenoxy) is 1. The van der Waals surface area contributed by atoms with Crippen LogP contribution in [-0.2, 0) is 4.79 Å². The van der Waals surface area contributed by atoms with Crippen LogP contribution >= 0.6 is 0 Å². The van der Waals surface area contributed by atoms with Crippen LogP contribution in [0.2, 0.25) is 0 Å². The number of aryl methyl sites for hydroxylation is 1. The molecule has 0 unspecified atom stereocenters. The van der Waals surface area contributed by atoms with Gasteiger partial charge in [0.25, 0.3) is 0 Å². The van der Waals surface area contributed by atoms with Crippen molar-refractivity contribution in [3.63, 3.8) is 0 Å². The zero-order valence-electron chi connectivity index (χ0n) is 12.0. The van der Waals surface area contributed by atoms with E-state index in [2.05, 4.69) is 29.3 Å². The standard InChI is InChI=1S/C16H22N2O2/c1-12-2-5-14(6-3-12)20-15-10-18(11-15)13-4-7-16(19)17-9-8-13/h2-3,5-6,13,15H,4,7-11H2,1H3,(H,17,19)/t13-/m0/s1. The number of carbonyl (C=O) groups excluding carboxylic acids is 1. The highest BCUT2D eigenvalue weighted by molar-refractivity contribution is 5.76. The first kappa shape index (κ1) is 13.4. The predicted molar refractivity (Wildman–Crippen MR) is 77.8 cm³/mol. The van der Waals surface area contributed by atoms with Crippen LogP contribution in [0.1, 0.15) is 24.8 Å². The van der Waals surface area contributed by atoms with Gasteiger partial charge >= 0.3 is 0 Å². The Morgan fingerprint density at radius 2 is 1.95 bits per heavy atom. The summed E-state index contributed by atoms with van der Waals surface area (Å²) in [5, 5.41) is 2.94. The summed E-state index contributed by atoms with van der Waals surface area (Å²) >= 11 is 0. The summed E-state index contributed by atoms with van der Waals surface area (Å²) in [6.45, 7) is 4.85. The molecule has 1 atom stereocenters. The van der Waals surface area contributed by atoms with E-state index in [9.17, 15) is 4.79 Å². The average Bonchev–Trinajstić information content (AvgIpc) is 2.60. The minimum absolute atomic E-state index is 0.195. The van der Waals surface area contributed by atoms with Crippen LogP contribution in [0.25, 0.3) is 0 Å². The molecule has 2 heterocycles. The first-order valence-corrected chi connectivity index (χ1v) is 7.45. The van der Waals surface area contributed by atoms with E-state index in [1.807, 2.05) is 12.1 Å². The van der Waals surface area contributed by atoms with Gasteiger partial charge in [0.1, 0.15) is 11.9 Å². The Kier molecular flexibility index (Phi) is 3.92. The fourth-order valence-corrected chi connectivity index (χ4v) is 2.93. The quantitative estimate of drug-likeness (QED) is 0.912. The number of rotatable bonds is 3. The summed E-state index contributed by atoms with van der Waals surface area (Å²) < 4.78 is 5.95. The molecule has 2 aliphatic heterocycles. The highest BCUT2D eigenvalue weighted by Gasteiger charge is 2.34. The highest BCUT2D eigenvalue weighted by atomic mass is 16.5. The predicted octanol–water partition coefficient (Wildman–Crippen LogP) is 1.73. The number of benzene rings is 1. The monoisotopic (exact) mass is 274 g/mol. The van der Waals surface area contributed by atoms with Gasteiger partial charge in [-0.3, -0.25) is 9.69 Å². The Morgan fingerprint density at radius 1 is 1.20 bits per heavy atom. The highest BCUT2D eigenvalue weighted by Crippen LogP contribution is 2.24. The lowest BCUT2D eigenvalue weighted by molar-refractivity contribution is -0.120. The number of nitrogens with zero attached hydrogens (tertiary/aromatic N) is 1. The minimum atomic E-state index is 0.195. The Hall–Kier alpha value is -1.55. The topological polar surface area (TPSA) is 41.6 Å². The van der Waals surface area contributed by atoms with Crippen LogP contribution < -0.4 is 10.1 Å². The molecule has 1 amide bonds. The second kappa shape index (κ2) is 5.83. The Morgan fingerprint density at radius 3 is 2.70 bits per heavy atom. The maximum absolute atomic E-state index is 11.3. The lowest BCUT2D eigenvalue weighted by atomic mass is 10.0. The smallest absolute Gasteiger partial charge is 0.220 e. The van der Waals surface area contributed by atoms with E-state index in [4.69, 9.17) is 4.74 Å². The van der Waals surface area contributed by atoms with Crippen LogP contribution in [0.4, 0.5) is 0 Å². The molecule has 0 aromatic heterocycles. The molecule has 3 rings (SSSR count). The molecule has 1 aromatic rings. The molecule has 20 heavy (non-hydrogen) atoms. The molecule has 108 valence electrons. The molecule has 2 aliphatic rings. The molecule has 0 spiro atoms. The van der Waals surface area contributed by atoms with E-state index in [-0.39, 0.29) is 5.91 Å². The number of amides is 1. The van der Waals surface area contributed by atoms with Crippen molar-refractivity contribution in [2.24, 2.45) is 0 Å². The summed E-state index contributed by atoms with van der Waals surface area (Å²) in [5.74, 6) is 1.15. The van der Waals surface area contributed by atoms with Crippen molar-refractivity contribution < 1.29 is 9.53 Å². The summed E-state index contributed by atoms with van der Waals surface area (Å²) in [6.07, 6.45) is 2.99. The normalized spacial score (nSPS) is 24.6. The summed E-state index contributed by atoms with van der Waals surface area (Å²) in [5.41, 5.74) is 1.25. The molecular weight excluding hydrogens is 252 g/mol. The van der Waals surface area contributed by atoms with Crippen molar-refractivity contribution >= 4 is 5.91 Å². The van der Waals surface area contributed by atoms with Gasteiger partial charge in [-0.1, -0.05) is 17.7 Å². The molecule has 4 nitrogen and oxygen atoms in total. The molecule has 4 heteroatoms. The van der Waals surface area contributed by atoms with Crippen molar-refractivity contribution in [2.45, 2.75) is 38.3 Å². The van der Waals surface area contributed by atoms with E-state index >= 15 is 0 Å². The molecule has 2 saturated heterocycles. The zero-order valence-corrected chi connectivity index (χ0v) is 12.0. The summed E-state index contributed by atoms with van der Waals surface area (Å²) in [7, 11) is 0. The first-order valence-electron chi connectivity index (χ1n) is 7.45. The van der Waals surface area contributed by atoms with E-state index in [1.54, 1.807) is 0 Å². The number of likely N-dealkylation sites (tertiary alicyclic amines) is 1. The Bertz CT molecular complexity index is 466. The van der Waals surface area contributed by atoms with Crippen molar-refractivity contribution in [1.82, 2.24) is 10.2 Å². The van der Waals surface area contributed by atoms with E-state index < -0.39 is 0 Å². The molecule has 0 aliphatic carbocycles. The first-order chi connectivity index (χ1) is 9.70. The molecule has 0 saturated carbocycles. The van der Waals surface area contributed by atoms with Gasteiger partial charge < -0.3 is 10.1 Å². The number of nitrogens with one attached hydrogen (secondary N) is 1. The van der Waals surface area contributed by atoms with Gasteiger partial charge in [0, 0.05) is 32.1 Å². The second-order valence-electron chi connectivity index (χ2n) is 5.84. The molecular formula is C16H22N2O2. The van der Waals surface area contributed by atoms with Gasteiger partial charge in [-0.05, 0) is 31.9 Å². The van der Waals surface area contributed by atoms with Gasteiger partial charge in [0.15, 0.2) is 0 Å². The maximum Gasteiger partial charge on any atom is 0.220 e.